The van der Waals surface area contributed by atoms with Gasteiger partial charge < -0.3 is 5.43 Å². The summed E-state index contributed by atoms with van der Waals surface area (Å²) < 4.78 is 0. The van der Waals surface area contributed by atoms with E-state index < -0.39 is 0 Å². The van der Waals surface area contributed by atoms with Crippen molar-refractivity contribution in [2.75, 3.05) is 6.54 Å². The molecule has 112 valence electrons. The molecule has 3 nitrogen and oxygen atoms in total. The first-order valence-corrected chi connectivity index (χ1v) is 7.69. The normalized spacial score (nSPS) is 17.0. The third-order valence-electron chi connectivity index (χ3n) is 3.72. The summed E-state index contributed by atoms with van der Waals surface area (Å²) in [5, 5.41) is 5.27. The number of hydrogen-bond acceptors (Lipinski definition) is 3. The van der Waals surface area contributed by atoms with Gasteiger partial charge in [0.05, 0.1) is 5.92 Å². The monoisotopic (exact) mass is 332 g/mol. The first-order chi connectivity index (χ1) is 10.6. The lowest BCUT2D eigenvalue weighted by Crippen LogP contribution is -2.22. The fourth-order valence-electron chi connectivity index (χ4n) is 2.54. The molecule has 1 heterocycles. The van der Waals surface area contributed by atoms with Gasteiger partial charge in [-0.1, -0.05) is 59.1 Å². The summed E-state index contributed by atoms with van der Waals surface area (Å²) in [4.78, 5) is 12.7. The highest BCUT2D eigenvalue weighted by molar-refractivity contribution is 6.49. The van der Waals surface area contributed by atoms with E-state index in [0.717, 1.165) is 11.1 Å². The van der Waals surface area contributed by atoms with Gasteiger partial charge in [0, 0.05) is 27.7 Å². The van der Waals surface area contributed by atoms with Gasteiger partial charge in [0.1, 0.15) is 5.71 Å². The van der Waals surface area contributed by atoms with E-state index >= 15 is 0 Å². The minimum absolute atomic E-state index is 0.106. The van der Waals surface area contributed by atoms with Gasteiger partial charge in [0.2, 0.25) is 5.78 Å². The van der Waals surface area contributed by atoms with E-state index in [9.17, 15) is 4.79 Å². The third kappa shape index (κ3) is 2.74. The largest absolute Gasteiger partial charge is 0.309 e. The number of hydrogen-bond donors (Lipinski definition) is 1. The van der Waals surface area contributed by atoms with Gasteiger partial charge in [-0.05, 0) is 19.1 Å². The summed E-state index contributed by atoms with van der Waals surface area (Å²) in [5.41, 5.74) is 5.79. The van der Waals surface area contributed by atoms with Crippen molar-refractivity contribution in [1.82, 2.24) is 5.43 Å². The first kappa shape index (κ1) is 15.1. The van der Waals surface area contributed by atoms with Crippen LogP contribution in [0.4, 0.5) is 0 Å². The summed E-state index contributed by atoms with van der Waals surface area (Å²) in [7, 11) is 0. The number of halogens is 2. The molecule has 0 radical (unpaired) electrons. The van der Waals surface area contributed by atoms with Crippen molar-refractivity contribution in [2.45, 2.75) is 12.8 Å². The van der Waals surface area contributed by atoms with Crippen LogP contribution >= 0.6 is 23.2 Å². The van der Waals surface area contributed by atoms with Crippen molar-refractivity contribution < 1.29 is 4.79 Å². The van der Waals surface area contributed by atoms with Gasteiger partial charge >= 0.3 is 0 Å². The van der Waals surface area contributed by atoms with Crippen molar-refractivity contribution in [3.05, 3.63) is 69.2 Å². The molecule has 1 atom stereocenters. The standard InChI is InChI=1S/C17H14Cl2N2O/c1-10-5-7-11(8-6-10)17(22)16-12(9-20-21-16)15-13(18)3-2-4-14(15)19/h2-8,12,20H,9H2,1H3. The number of carbonyl (C=O) groups excluding carboxylic acids is 1. The number of nitrogens with one attached hydrogen (secondary N) is 1. The maximum Gasteiger partial charge on any atom is 0.209 e. The molecule has 2 aromatic carbocycles. The number of rotatable bonds is 3. The van der Waals surface area contributed by atoms with Crippen molar-refractivity contribution in [3.63, 3.8) is 0 Å². The van der Waals surface area contributed by atoms with E-state index in [1.54, 1.807) is 18.2 Å². The number of ketones is 1. The average Bonchev–Trinajstić information content (AvgIpc) is 2.96. The van der Waals surface area contributed by atoms with Crippen LogP contribution in [0.5, 0.6) is 0 Å². The minimum Gasteiger partial charge on any atom is -0.309 e. The van der Waals surface area contributed by atoms with Crippen LogP contribution < -0.4 is 5.43 Å². The Labute approximate surface area is 138 Å². The Kier molecular flexibility index (Phi) is 4.19. The summed E-state index contributed by atoms with van der Waals surface area (Å²) in [6.07, 6.45) is 0. The molecule has 0 amide bonds. The van der Waals surface area contributed by atoms with Crippen LogP contribution in [0.2, 0.25) is 10.0 Å². The van der Waals surface area contributed by atoms with Crippen LogP contribution in [0, 0.1) is 6.92 Å². The van der Waals surface area contributed by atoms with Crippen molar-refractivity contribution >= 4 is 34.7 Å². The van der Waals surface area contributed by atoms with Crippen LogP contribution in [0.15, 0.2) is 47.6 Å². The molecule has 22 heavy (non-hydrogen) atoms. The van der Waals surface area contributed by atoms with Gasteiger partial charge in [0.25, 0.3) is 0 Å². The number of hydrazone groups is 1. The fourth-order valence-corrected chi connectivity index (χ4v) is 3.20. The van der Waals surface area contributed by atoms with Gasteiger partial charge in [-0.15, -0.1) is 0 Å². The molecule has 0 aromatic heterocycles. The van der Waals surface area contributed by atoms with Crippen LogP contribution in [0.1, 0.15) is 27.4 Å². The Morgan fingerprint density at radius 3 is 2.41 bits per heavy atom. The third-order valence-corrected chi connectivity index (χ3v) is 4.38. The van der Waals surface area contributed by atoms with E-state index in [4.69, 9.17) is 23.2 Å². The second-order valence-electron chi connectivity index (χ2n) is 5.24. The molecule has 1 unspecified atom stereocenters. The van der Waals surface area contributed by atoms with E-state index in [-0.39, 0.29) is 11.7 Å². The minimum atomic E-state index is -0.241. The summed E-state index contributed by atoms with van der Waals surface area (Å²) in [6.45, 7) is 2.49. The molecule has 5 heteroatoms. The molecule has 0 saturated heterocycles. The van der Waals surface area contributed by atoms with Gasteiger partial charge in [-0.25, -0.2) is 0 Å². The topological polar surface area (TPSA) is 41.5 Å². The second kappa shape index (κ2) is 6.11. The lowest BCUT2D eigenvalue weighted by atomic mass is 9.90. The zero-order valence-corrected chi connectivity index (χ0v) is 13.4. The van der Waals surface area contributed by atoms with E-state index in [1.807, 2.05) is 31.2 Å². The van der Waals surface area contributed by atoms with Crippen molar-refractivity contribution in [1.29, 1.82) is 0 Å². The molecule has 1 N–H and O–H groups in total. The average molecular weight is 333 g/mol. The number of aryl methyl sites for hydroxylation is 1. The van der Waals surface area contributed by atoms with Gasteiger partial charge in [0.15, 0.2) is 0 Å². The highest BCUT2D eigenvalue weighted by Crippen LogP contribution is 2.34. The summed E-state index contributed by atoms with van der Waals surface area (Å²) in [6, 6.07) is 12.8. The molecule has 0 fully saturated rings. The molecule has 3 rings (SSSR count). The highest BCUT2D eigenvalue weighted by Gasteiger charge is 2.32. The SMILES string of the molecule is Cc1ccc(C(=O)C2=NNCC2c2c(Cl)cccc2Cl)cc1. The molecular formula is C17H14Cl2N2O. The van der Waals surface area contributed by atoms with Crippen LogP contribution in [-0.4, -0.2) is 18.0 Å². The number of Topliss-reactive ketones (excluding diaryl/α,β-unsaturated/α-hetero) is 1. The molecule has 0 saturated carbocycles. The predicted octanol–water partition coefficient (Wildman–Crippen LogP) is 4.23. The maximum atomic E-state index is 12.7. The predicted molar refractivity (Wildman–Crippen MR) is 90.2 cm³/mol. The fraction of sp³-hybridized carbons (Fsp3) is 0.176. The van der Waals surface area contributed by atoms with E-state index in [1.165, 1.54) is 0 Å². The Morgan fingerprint density at radius 1 is 1.14 bits per heavy atom. The number of carbonyl (C=O) groups is 1. The molecular weight excluding hydrogens is 319 g/mol. The smallest absolute Gasteiger partial charge is 0.209 e. The Bertz CT molecular complexity index is 734. The first-order valence-electron chi connectivity index (χ1n) is 6.93. The highest BCUT2D eigenvalue weighted by atomic mass is 35.5. The van der Waals surface area contributed by atoms with Gasteiger partial charge in [-0.3, -0.25) is 4.79 Å². The summed E-state index contributed by atoms with van der Waals surface area (Å²) >= 11 is 12.5. The van der Waals surface area contributed by atoms with Crippen molar-refractivity contribution in [2.24, 2.45) is 5.10 Å². The van der Waals surface area contributed by atoms with Crippen molar-refractivity contribution in [3.8, 4) is 0 Å². The van der Waals surface area contributed by atoms with Crippen LogP contribution in [0.3, 0.4) is 0 Å². The quantitative estimate of drug-likeness (QED) is 0.854. The zero-order valence-electron chi connectivity index (χ0n) is 11.9. The lowest BCUT2D eigenvalue weighted by Gasteiger charge is -2.15. The van der Waals surface area contributed by atoms with E-state index in [2.05, 4.69) is 10.5 Å². The number of benzene rings is 2. The summed E-state index contributed by atoms with van der Waals surface area (Å²) in [5.74, 6) is -0.346. The Morgan fingerprint density at radius 2 is 1.77 bits per heavy atom. The second-order valence-corrected chi connectivity index (χ2v) is 6.06. The lowest BCUT2D eigenvalue weighted by molar-refractivity contribution is 0.106. The van der Waals surface area contributed by atoms with E-state index in [0.29, 0.717) is 27.9 Å². The molecule has 2 aromatic rings. The molecule has 1 aliphatic heterocycles. The molecule has 0 bridgehead atoms. The zero-order chi connectivity index (χ0) is 15.7. The molecule has 0 spiro atoms. The Balaban J connectivity index is 1.97. The number of nitrogens with zero attached hydrogens (tertiary/aromatic N) is 1. The van der Waals surface area contributed by atoms with Crippen LogP contribution in [-0.2, 0) is 0 Å². The van der Waals surface area contributed by atoms with Gasteiger partial charge in [-0.2, -0.15) is 5.10 Å². The Hall–Kier alpha value is -1.84. The molecule has 0 aliphatic carbocycles. The maximum absolute atomic E-state index is 12.7. The van der Waals surface area contributed by atoms with Crippen LogP contribution in [0.25, 0.3) is 0 Å². The molecule has 1 aliphatic rings.